The smallest absolute Gasteiger partial charge is 0.336 e. The quantitative estimate of drug-likeness (QED) is 0.791. The Labute approximate surface area is 118 Å². The first-order valence-corrected chi connectivity index (χ1v) is 7.67. The summed E-state index contributed by atoms with van der Waals surface area (Å²) in [4.78, 5) is 11.1. The fourth-order valence-electron chi connectivity index (χ4n) is 1.85. The van der Waals surface area contributed by atoms with Crippen molar-refractivity contribution >= 4 is 16.0 Å². The minimum Gasteiger partial charge on any atom is -0.478 e. The van der Waals surface area contributed by atoms with Crippen LogP contribution in [0.5, 0.6) is 0 Å². The third-order valence-electron chi connectivity index (χ3n) is 2.78. The molecule has 20 heavy (non-hydrogen) atoms. The Balaban J connectivity index is 3.13. The molecule has 0 bridgehead atoms. The topological polar surface area (TPSA) is 92.7 Å². The van der Waals surface area contributed by atoms with Crippen molar-refractivity contribution < 1.29 is 23.1 Å². The number of carboxylic acid groups (broad SMARTS) is 1. The molecule has 0 amide bonds. The Morgan fingerprint density at radius 1 is 1.45 bits per heavy atom. The minimum atomic E-state index is -3.76. The lowest BCUT2D eigenvalue weighted by Gasteiger charge is -2.14. The van der Waals surface area contributed by atoms with Crippen molar-refractivity contribution in [2.45, 2.75) is 31.2 Å². The van der Waals surface area contributed by atoms with E-state index in [9.17, 15) is 13.2 Å². The molecule has 1 atom stereocenters. The number of hydrogen-bond donors (Lipinski definition) is 2. The fraction of sp³-hybridized carbons (Fsp3) is 0.462. The molecule has 0 aliphatic heterocycles. The molecule has 112 valence electrons. The number of rotatable bonds is 7. The molecule has 1 rings (SSSR count). The van der Waals surface area contributed by atoms with E-state index in [4.69, 9.17) is 9.84 Å². The van der Waals surface area contributed by atoms with Gasteiger partial charge < -0.3 is 9.84 Å². The first-order chi connectivity index (χ1) is 9.31. The molecule has 0 heterocycles. The summed E-state index contributed by atoms with van der Waals surface area (Å²) in [5.74, 6) is -1.14. The van der Waals surface area contributed by atoms with E-state index in [2.05, 4.69) is 4.72 Å². The van der Waals surface area contributed by atoms with Crippen molar-refractivity contribution in [1.29, 1.82) is 0 Å². The molecule has 1 unspecified atom stereocenters. The number of hydrogen-bond acceptors (Lipinski definition) is 4. The lowest BCUT2D eigenvalue weighted by atomic mass is 10.1. The molecule has 7 heteroatoms. The molecule has 0 saturated carbocycles. The monoisotopic (exact) mass is 301 g/mol. The van der Waals surface area contributed by atoms with Gasteiger partial charge >= 0.3 is 5.97 Å². The van der Waals surface area contributed by atoms with Crippen LogP contribution in [0.3, 0.4) is 0 Å². The maximum atomic E-state index is 12.1. The Bertz CT molecular complexity index is 582. The maximum absolute atomic E-state index is 12.1. The molecule has 0 aromatic heterocycles. The third-order valence-corrected chi connectivity index (χ3v) is 4.36. The number of nitrogens with one attached hydrogen (secondary N) is 1. The first kappa shape index (κ1) is 16.6. The van der Waals surface area contributed by atoms with E-state index in [1.165, 1.54) is 25.3 Å². The van der Waals surface area contributed by atoms with E-state index in [1.807, 2.05) is 6.92 Å². The normalized spacial score (nSPS) is 13.2. The zero-order valence-corrected chi connectivity index (χ0v) is 12.5. The van der Waals surface area contributed by atoms with Crippen LogP contribution in [0, 0.1) is 0 Å². The molecule has 1 aromatic carbocycles. The third kappa shape index (κ3) is 4.03. The van der Waals surface area contributed by atoms with Gasteiger partial charge in [0.15, 0.2) is 0 Å². The number of carboxylic acids is 1. The molecule has 1 aromatic rings. The highest BCUT2D eigenvalue weighted by Crippen LogP contribution is 2.17. The Kier molecular flexibility index (Phi) is 5.67. The van der Waals surface area contributed by atoms with Crippen LogP contribution in [0.1, 0.15) is 29.8 Å². The van der Waals surface area contributed by atoms with Crippen molar-refractivity contribution in [3.8, 4) is 0 Å². The van der Waals surface area contributed by atoms with E-state index in [0.29, 0.717) is 12.0 Å². The van der Waals surface area contributed by atoms with Gasteiger partial charge in [-0.2, -0.15) is 0 Å². The maximum Gasteiger partial charge on any atom is 0.336 e. The second kappa shape index (κ2) is 6.83. The summed E-state index contributed by atoms with van der Waals surface area (Å²) < 4.78 is 31.6. The van der Waals surface area contributed by atoms with Crippen LogP contribution in [-0.4, -0.2) is 39.3 Å². The summed E-state index contributed by atoms with van der Waals surface area (Å²) in [7, 11) is -2.28. The van der Waals surface area contributed by atoms with E-state index < -0.39 is 22.0 Å². The van der Waals surface area contributed by atoms with Gasteiger partial charge in [-0.15, -0.1) is 0 Å². The highest BCUT2D eigenvalue weighted by atomic mass is 32.2. The minimum absolute atomic E-state index is 0.00905. The van der Waals surface area contributed by atoms with Gasteiger partial charge in [0.2, 0.25) is 10.0 Å². The number of methoxy groups -OCH3 is 1. The van der Waals surface area contributed by atoms with E-state index >= 15 is 0 Å². The zero-order chi connectivity index (χ0) is 15.3. The lowest BCUT2D eigenvalue weighted by Crippen LogP contribution is -2.35. The molecule has 0 saturated heterocycles. The number of aromatic carboxylic acids is 1. The summed E-state index contributed by atoms with van der Waals surface area (Å²) in [6, 6.07) is 3.72. The van der Waals surface area contributed by atoms with E-state index in [-0.39, 0.29) is 17.1 Å². The molecular formula is C13H19NO5S. The summed E-state index contributed by atoms with van der Waals surface area (Å²) in [6.07, 6.45) is 0.523. The van der Waals surface area contributed by atoms with Gasteiger partial charge in [0, 0.05) is 13.2 Å². The molecule has 2 N–H and O–H groups in total. The average Bonchev–Trinajstić information content (AvgIpc) is 2.37. The molecule has 0 aliphatic carbocycles. The van der Waals surface area contributed by atoms with Crippen molar-refractivity contribution in [3.05, 3.63) is 29.3 Å². The van der Waals surface area contributed by atoms with Gasteiger partial charge in [0.25, 0.3) is 0 Å². The first-order valence-electron chi connectivity index (χ1n) is 6.19. The van der Waals surface area contributed by atoms with Gasteiger partial charge in [0.1, 0.15) is 0 Å². The van der Waals surface area contributed by atoms with Crippen LogP contribution in [0.2, 0.25) is 0 Å². The van der Waals surface area contributed by atoms with Crippen molar-refractivity contribution in [3.63, 3.8) is 0 Å². The molecule has 0 aliphatic rings. The zero-order valence-electron chi connectivity index (χ0n) is 11.7. The SMILES string of the molecule is CCc1ccc(S(=O)(=O)NC(C)COC)cc1C(=O)O. The van der Waals surface area contributed by atoms with Crippen molar-refractivity contribution in [2.75, 3.05) is 13.7 Å². The van der Waals surface area contributed by atoms with E-state index in [0.717, 1.165) is 0 Å². The summed E-state index contributed by atoms with van der Waals surface area (Å²) in [6.45, 7) is 3.71. The molecule has 0 radical (unpaired) electrons. The van der Waals surface area contributed by atoms with E-state index in [1.54, 1.807) is 6.92 Å². The number of ether oxygens (including phenoxy) is 1. The Hall–Kier alpha value is -1.44. The largest absolute Gasteiger partial charge is 0.478 e. The van der Waals surface area contributed by atoms with Crippen LogP contribution in [0.25, 0.3) is 0 Å². The van der Waals surface area contributed by atoms with Crippen LogP contribution in [0.15, 0.2) is 23.1 Å². The predicted molar refractivity (Wildman–Crippen MR) is 74.4 cm³/mol. The standard InChI is InChI=1S/C13H19NO5S/c1-4-10-5-6-11(7-12(10)13(15)16)20(17,18)14-9(2)8-19-3/h5-7,9,14H,4,8H2,1-3H3,(H,15,16). The number of sulfonamides is 1. The highest BCUT2D eigenvalue weighted by Gasteiger charge is 2.20. The summed E-state index contributed by atoms with van der Waals surface area (Å²) >= 11 is 0. The molecule has 0 spiro atoms. The Morgan fingerprint density at radius 3 is 2.60 bits per heavy atom. The Morgan fingerprint density at radius 2 is 2.10 bits per heavy atom. The number of carbonyl (C=O) groups is 1. The van der Waals surface area contributed by atoms with Crippen molar-refractivity contribution in [2.24, 2.45) is 0 Å². The molecule has 6 nitrogen and oxygen atoms in total. The number of aryl methyl sites for hydroxylation is 1. The van der Waals surface area contributed by atoms with Gasteiger partial charge in [-0.1, -0.05) is 13.0 Å². The van der Waals surface area contributed by atoms with Gasteiger partial charge in [-0.05, 0) is 31.0 Å². The second-order valence-electron chi connectivity index (χ2n) is 4.46. The summed E-state index contributed by atoms with van der Waals surface area (Å²) in [5.41, 5.74) is 0.608. The molecule has 0 fully saturated rings. The van der Waals surface area contributed by atoms with Crippen LogP contribution in [0.4, 0.5) is 0 Å². The van der Waals surface area contributed by atoms with Gasteiger partial charge in [0.05, 0.1) is 17.1 Å². The van der Waals surface area contributed by atoms with Crippen LogP contribution in [-0.2, 0) is 21.2 Å². The number of benzene rings is 1. The van der Waals surface area contributed by atoms with Gasteiger partial charge in [-0.3, -0.25) is 0 Å². The van der Waals surface area contributed by atoms with Crippen LogP contribution < -0.4 is 4.72 Å². The average molecular weight is 301 g/mol. The fourth-order valence-corrected chi connectivity index (χ4v) is 3.10. The van der Waals surface area contributed by atoms with Crippen molar-refractivity contribution in [1.82, 2.24) is 4.72 Å². The lowest BCUT2D eigenvalue weighted by molar-refractivity contribution is 0.0695. The van der Waals surface area contributed by atoms with Gasteiger partial charge in [-0.25, -0.2) is 17.9 Å². The second-order valence-corrected chi connectivity index (χ2v) is 6.17. The summed E-state index contributed by atoms with van der Waals surface area (Å²) in [5, 5.41) is 9.12. The van der Waals surface area contributed by atoms with Crippen LogP contribution >= 0.6 is 0 Å². The highest BCUT2D eigenvalue weighted by molar-refractivity contribution is 7.89. The molecular weight excluding hydrogens is 282 g/mol. The predicted octanol–water partition coefficient (Wildman–Crippen LogP) is 1.26.